The van der Waals surface area contributed by atoms with E-state index < -0.39 is 27.5 Å². The van der Waals surface area contributed by atoms with Gasteiger partial charge in [0.25, 0.3) is 10.0 Å². The van der Waals surface area contributed by atoms with Crippen molar-refractivity contribution in [2.24, 2.45) is 0 Å². The lowest BCUT2D eigenvalue weighted by molar-refractivity contribution is 0.509. The van der Waals surface area contributed by atoms with Crippen molar-refractivity contribution in [2.45, 2.75) is 11.8 Å². The molecule has 0 amide bonds. The van der Waals surface area contributed by atoms with E-state index in [-0.39, 0.29) is 16.1 Å². The highest BCUT2D eigenvalue weighted by Gasteiger charge is 2.18. The summed E-state index contributed by atoms with van der Waals surface area (Å²) in [7, 11) is -4.00. The second kappa shape index (κ2) is 5.16. The molecule has 0 heterocycles. The van der Waals surface area contributed by atoms with Gasteiger partial charge in [-0.05, 0) is 42.8 Å². The molecule has 0 saturated carbocycles. The molecule has 0 fully saturated rings. The van der Waals surface area contributed by atoms with Crippen LogP contribution in [0.2, 0.25) is 0 Å². The van der Waals surface area contributed by atoms with E-state index in [0.717, 1.165) is 36.4 Å². The van der Waals surface area contributed by atoms with Gasteiger partial charge < -0.3 is 0 Å². The van der Waals surface area contributed by atoms with Crippen LogP contribution in [-0.4, -0.2) is 8.42 Å². The van der Waals surface area contributed by atoms with Gasteiger partial charge in [0.05, 0.1) is 10.6 Å². The number of hydrogen-bond donors (Lipinski definition) is 1. The van der Waals surface area contributed by atoms with Gasteiger partial charge in [0.1, 0.15) is 5.82 Å². The van der Waals surface area contributed by atoms with Crippen molar-refractivity contribution >= 4 is 15.7 Å². The van der Waals surface area contributed by atoms with Crippen molar-refractivity contribution in [2.75, 3.05) is 4.72 Å². The molecule has 1 N–H and O–H groups in total. The summed E-state index contributed by atoms with van der Waals surface area (Å²) >= 11 is 0. The number of anilines is 1. The highest BCUT2D eigenvalue weighted by Crippen LogP contribution is 2.21. The molecule has 0 unspecified atom stereocenters. The van der Waals surface area contributed by atoms with E-state index in [2.05, 4.69) is 4.72 Å². The Morgan fingerprint density at radius 3 is 2.25 bits per heavy atom. The van der Waals surface area contributed by atoms with Gasteiger partial charge in [-0.2, -0.15) is 0 Å². The summed E-state index contributed by atoms with van der Waals surface area (Å²) in [5.41, 5.74) is 0.0905. The maximum atomic E-state index is 13.0. The Balaban J connectivity index is 2.38. The minimum Gasteiger partial charge on any atom is -0.280 e. The highest BCUT2D eigenvalue weighted by molar-refractivity contribution is 7.92. The van der Waals surface area contributed by atoms with Crippen molar-refractivity contribution in [3.63, 3.8) is 0 Å². The summed E-state index contributed by atoms with van der Waals surface area (Å²) in [6.07, 6.45) is 0. The third kappa shape index (κ3) is 2.93. The van der Waals surface area contributed by atoms with Gasteiger partial charge in [-0.1, -0.05) is 0 Å². The molecule has 0 atom stereocenters. The van der Waals surface area contributed by atoms with Gasteiger partial charge in [0.2, 0.25) is 0 Å². The molecule has 0 aliphatic heterocycles. The third-order valence-electron chi connectivity index (χ3n) is 2.60. The summed E-state index contributed by atoms with van der Waals surface area (Å²) in [6.45, 7) is 1.43. The van der Waals surface area contributed by atoms with Crippen LogP contribution in [0.5, 0.6) is 0 Å². The number of hydrogen-bond acceptors (Lipinski definition) is 2. The first-order chi connectivity index (χ1) is 9.29. The van der Waals surface area contributed by atoms with Gasteiger partial charge >= 0.3 is 0 Å². The van der Waals surface area contributed by atoms with E-state index in [0.29, 0.717) is 0 Å². The molecular weight excluding hydrogens is 291 g/mol. The Kier molecular flexibility index (Phi) is 3.71. The number of sulfonamides is 1. The molecule has 0 radical (unpaired) electrons. The summed E-state index contributed by atoms with van der Waals surface area (Å²) in [4.78, 5) is -0.136. The summed E-state index contributed by atoms with van der Waals surface area (Å²) in [6, 6.07) is 5.81. The molecule has 7 heteroatoms. The molecular formula is C13H10F3NO2S. The standard InChI is InChI=1S/C13H10F3NO2S/c1-8-6-9(14)2-5-13(8)20(18,19)17-10-3-4-11(15)12(16)7-10/h2-7,17H,1H3. The van der Waals surface area contributed by atoms with Crippen LogP contribution in [0.25, 0.3) is 0 Å². The van der Waals surface area contributed by atoms with Crippen LogP contribution in [0.4, 0.5) is 18.9 Å². The molecule has 2 aromatic rings. The Hall–Kier alpha value is -2.02. The lowest BCUT2D eigenvalue weighted by Gasteiger charge is -2.10. The zero-order chi connectivity index (χ0) is 14.9. The monoisotopic (exact) mass is 301 g/mol. The number of aryl methyl sites for hydroxylation is 1. The number of benzene rings is 2. The van der Waals surface area contributed by atoms with Crippen LogP contribution in [0.15, 0.2) is 41.3 Å². The summed E-state index contributed by atoms with van der Waals surface area (Å²) in [5, 5.41) is 0. The predicted molar refractivity (Wildman–Crippen MR) is 68.3 cm³/mol. The van der Waals surface area contributed by atoms with Crippen LogP contribution in [-0.2, 0) is 10.0 Å². The fourth-order valence-electron chi connectivity index (χ4n) is 1.68. The predicted octanol–water partition coefficient (Wildman–Crippen LogP) is 3.21. The van der Waals surface area contributed by atoms with E-state index in [1.165, 1.54) is 6.92 Å². The summed E-state index contributed by atoms with van der Waals surface area (Å²) in [5.74, 6) is -2.80. The minimum atomic E-state index is -4.00. The lowest BCUT2D eigenvalue weighted by Crippen LogP contribution is -2.14. The van der Waals surface area contributed by atoms with E-state index >= 15 is 0 Å². The smallest absolute Gasteiger partial charge is 0.262 e. The second-order valence-electron chi connectivity index (χ2n) is 4.14. The maximum Gasteiger partial charge on any atom is 0.262 e. The molecule has 0 bridgehead atoms. The molecule has 2 aromatic carbocycles. The lowest BCUT2D eigenvalue weighted by atomic mass is 10.2. The van der Waals surface area contributed by atoms with Crippen molar-refractivity contribution < 1.29 is 21.6 Å². The number of nitrogens with one attached hydrogen (secondary N) is 1. The van der Waals surface area contributed by atoms with Crippen molar-refractivity contribution in [3.8, 4) is 0 Å². The second-order valence-corrected chi connectivity index (χ2v) is 5.80. The zero-order valence-corrected chi connectivity index (χ0v) is 11.1. The van der Waals surface area contributed by atoms with Gasteiger partial charge in [0.15, 0.2) is 11.6 Å². The molecule has 2 rings (SSSR count). The van der Waals surface area contributed by atoms with Crippen LogP contribution in [0.1, 0.15) is 5.56 Å². The fraction of sp³-hybridized carbons (Fsp3) is 0.0769. The Morgan fingerprint density at radius 1 is 0.950 bits per heavy atom. The summed E-state index contributed by atoms with van der Waals surface area (Å²) < 4.78 is 65.0. The SMILES string of the molecule is Cc1cc(F)ccc1S(=O)(=O)Nc1ccc(F)c(F)c1. The Morgan fingerprint density at radius 2 is 1.65 bits per heavy atom. The van der Waals surface area contributed by atoms with E-state index in [1.54, 1.807) is 0 Å². The van der Waals surface area contributed by atoms with E-state index in [9.17, 15) is 21.6 Å². The normalized spacial score (nSPS) is 11.4. The van der Waals surface area contributed by atoms with Crippen molar-refractivity contribution in [3.05, 3.63) is 59.4 Å². The molecule has 106 valence electrons. The average molecular weight is 301 g/mol. The van der Waals surface area contributed by atoms with Crippen molar-refractivity contribution in [1.29, 1.82) is 0 Å². The van der Waals surface area contributed by atoms with E-state index in [1.807, 2.05) is 0 Å². The minimum absolute atomic E-state index is 0.118. The first-order valence-electron chi connectivity index (χ1n) is 5.53. The highest BCUT2D eigenvalue weighted by atomic mass is 32.2. The third-order valence-corrected chi connectivity index (χ3v) is 4.14. The first-order valence-corrected chi connectivity index (χ1v) is 7.02. The zero-order valence-electron chi connectivity index (χ0n) is 10.3. The van der Waals surface area contributed by atoms with Crippen LogP contribution in [0.3, 0.4) is 0 Å². The number of halogens is 3. The Bertz CT molecular complexity index is 760. The van der Waals surface area contributed by atoms with Crippen molar-refractivity contribution in [1.82, 2.24) is 0 Å². The Labute approximate surface area is 114 Å². The molecule has 0 saturated heterocycles. The van der Waals surface area contributed by atoms with Crippen LogP contribution >= 0.6 is 0 Å². The van der Waals surface area contributed by atoms with Crippen LogP contribution in [0, 0.1) is 24.4 Å². The van der Waals surface area contributed by atoms with Gasteiger partial charge in [-0.3, -0.25) is 4.72 Å². The molecule has 20 heavy (non-hydrogen) atoms. The molecule has 0 aromatic heterocycles. The molecule has 0 aliphatic rings. The van der Waals surface area contributed by atoms with E-state index in [4.69, 9.17) is 0 Å². The van der Waals surface area contributed by atoms with Gasteiger partial charge in [-0.25, -0.2) is 21.6 Å². The van der Waals surface area contributed by atoms with Gasteiger partial charge in [0, 0.05) is 6.07 Å². The molecule has 0 aliphatic carbocycles. The maximum absolute atomic E-state index is 13.0. The van der Waals surface area contributed by atoms with Gasteiger partial charge in [-0.15, -0.1) is 0 Å². The fourth-order valence-corrected chi connectivity index (χ4v) is 2.96. The average Bonchev–Trinajstić information content (AvgIpc) is 2.33. The molecule has 0 spiro atoms. The quantitative estimate of drug-likeness (QED) is 0.946. The first kappa shape index (κ1) is 14.4. The largest absolute Gasteiger partial charge is 0.280 e. The molecule has 3 nitrogen and oxygen atoms in total. The number of rotatable bonds is 3. The van der Waals surface area contributed by atoms with Crippen LogP contribution < -0.4 is 4.72 Å². The topological polar surface area (TPSA) is 46.2 Å².